The van der Waals surface area contributed by atoms with Crippen LogP contribution in [-0.4, -0.2) is 16.2 Å². The largest absolute Gasteiger partial charge is 0.334 e. The lowest BCUT2D eigenvalue weighted by atomic mass is 9.93. The zero-order valence-electron chi connectivity index (χ0n) is 20.4. The lowest BCUT2D eigenvalue weighted by Crippen LogP contribution is -2.46. The van der Waals surface area contributed by atoms with Crippen molar-refractivity contribution in [1.29, 1.82) is 0 Å². The molecule has 2 amide bonds. The molecule has 2 heterocycles. The second-order valence-electron chi connectivity index (χ2n) is 8.95. The minimum absolute atomic E-state index is 0.191. The van der Waals surface area contributed by atoms with Crippen LogP contribution in [0.15, 0.2) is 83.0 Å². The molecular weight excluding hydrogens is 436 g/mol. The zero-order valence-corrected chi connectivity index (χ0v) is 20.4. The molecule has 176 valence electrons. The third-order valence-electron chi connectivity index (χ3n) is 6.36. The van der Waals surface area contributed by atoms with Crippen molar-refractivity contribution < 1.29 is 9.32 Å². The van der Waals surface area contributed by atoms with Crippen LogP contribution in [0.3, 0.4) is 0 Å². The van der Waals surface area contributed by atoms with E-state index in [0.29, 0.717) is 11.7 Å². The number of amides is 2. The Kier molecular flexibility index (Phi) is 5.95. The van der Waals surface area contributed by atoms with Crippen LogP contribution in [0.1, 0.15) is 48.0 Å². The maximum atomic E-state index is 13.5. The van der Waals surface area contributed by atoms with Gasteiger partial charge < -0.3 is 9.84 Å². The molecule has 0 radical (unpaired) electrons. The number of benzene rings is 3. The van der Waals surface area contributed by atoms with Crippen molar-refractivity contribution in [2.45, 2.75) is 40.2 Å². The summed E-state index contributed by atoms with van der Waals surface area (Å²) in [6.07, 6.45) is 0.948. The van der Waals surface area contributed by atoms with E-state index in [0.717, 1.165) is 45.6 Å². The number of hydrogen-bond donors (Lipinski definition) is 1. The highest BCUT2D eigenvalue weighted by atomic mass is 16.5. The van der Waals surface area contributed by atoms with Gasteiger partial charge in [0.25, 0.3) is 5.89 Å². The fourth-order valence-corrected chi connectivity index (χ4v) is 4.64. The number of nitrogens with one attached hydrogen (secondary N) is 1. The molecule has 3 aromatic carbocycles. The van der Waals surface area contributed by atoms with Gasteiger partial charge in [0.1, 0.15) is 0 Å². The third-order valence-corrected chi connectivity index (χ3v) is 6.36. The number of aryl methyl sites for hydroxylation is 3. The first kappa shape index (κ1) is 22.6. The predicted octanol–water partition coefficient (Wildman–Crippen LogP) is 6.62. The highest BCUT2D eigenvalue weighted by Crippen LogP contribution is 2.39. The average Bonchev–Trinajstić information content (AvgIpc) is 3.33. The molecule has 0 saturated carbocycles. The van der Waals surface area contributed by atoms with Gasteiger partial charge in [0.05, 0.1) is 17.3 Å². The van der Waals surface area contributed by atoms with Crippen LogP contribution in [-0.2, 0) is 6.42 Å². The van der Waals surface area contributed by atoms with Gasteiger partial charge in [0.15, 0.2) is 0 Å². The summed E-state index contributed by atoms with van der Waals surface area (Å²) < 4.78 is 5.80. The number of aromatic nitrogens is 2. The molecule has 1 aliphatic heterocycles. The highest BCUT2D eigenvalue weighted by Gasteiger charge is 2.36. The molecule has 0 fully saturated rings. The number of nitrogens with zero attached hydrogens (tertiary/aromatic N) is 3. The molecule has 1 unspecified atom stereocenters. The van der Waals surface area contributed by atoms with E-state index >= 15 is 0 Å². The summed E-state index contributed by atoms with van der Waals surface area (Å²) in [4.78, 5) is 19.9. The van der Waals surface area contributed by atoms with Crippen LogP contribution >= 0.6 is 0 Å². The van der Waals surface area contributed by atoms with E-state index in [1.165, 1.54) is 5.56 Å². The summed E-state index contributed by atoms with van der Waals surface area (Å²) in [6.45, 7) is 8.12. The van der Waals surface area contributed by atoms with Gasteiger partial charge in [-0.05, 0) is 61.6 Å². The van der Waals surface area contributed by atoms with Gasteiger partial charge in [-0.2, -0.15) is 4.98 Å². The van der Waals surface area contributed by atoms with Gasteiger partial charge in [-0.25, -0.2) is 4.79 Å². The minimum atomic E-state index is -0.417. The van der Waals surface area contributed by atoms with E-state index in [1.54, 1.807) is 4.90 Å². The van der Waals surface area contributed by atoms with Gasteiger partial charge in [0, 0.05) is 11.3 Å². The van der Waals surface area contributed by atoms with Crippen molar-refractivity contribution in [3.05, 3.63) is 107 Å². The van der Waals surface area contributed by atoms with Crippen molar-refractivity contribution in [2.75, 3.05) is 4.90 Å². The number of carbonyl (C=O) groups excluding carboxylic acids is 1. The second kappa shape index (κ2) is 9.22. The van der Waals surface area contributed by atoms with Crippen molar-refractivity contribution in [1.82, 2.24) is 15.5 Å². The number of allylic oxidation sites excluding steroid dienone is 1. The second-order valence-corrected chi connectivity index (χ2v) is 8.95. The topological polar surface area (TPSA) is 71.3 Å². The van der Waals surface area contributed by atoms with Gasteiger partial charge in [-0.15, -0.1) is 0 Å². The van der Waals surface area contributed by atoms with E-state index in [2.05, 4.69) is 47.7 Å². The molecule has 0 saturated heterocycles. The van der Waals surface area contributed by atoms with E-state index in [-0.39, 0.29) is 6.03 Å². The maximum absolute atomic E-state index is 13.5. The average molecular weight is 465 g/mol. The lowest BCUT2D eigenvalue weighted by molar-refractivity contribution is 0.244. The molecule has 6 heteroatoms. The molecule has 4 aromatic rings. The Morgan fingerprint density at radius 2 is 1.63 bits per heavy atom. The molecule has 1 aromatic heterocycles. The first-order chi connectivity index (χ1) is 16.9. The van der Waals surface area contributed by atoms with Crippen LogP contribution in [0.4, 0.5) is 10.5 Å². The summed E-state index contributed by atoms with van der Waals surface area (Å²) in [5, 5.41) is 7.43. The summed E-state index contributed by atoms with van der Waals surface area (Å²) in [5.74, 6) is 0.899. The van der Waals surface area contributed by atoms with Crippen molar-refractivity contribution in [3.63, 3.8) is 0 Å². The number of hydrogen-bond acceptors (Lipinski definition) is 4. The maximum Gasteiger partial charge on any atom is 0.326 e. The number of rotatable bonds is 5. The lowest BCUT2D eigenvalue weighted by Gasteiger charge is -2.35. The molecule has 0 spiro atoms. The Morgan fingerprint density at radius 1 is 0.943 bits per heavy atom. The first-order valence-corrected chi connectivity index (χ1v) is 11.8. The van der Waals surface area contributed by atoms with Crippen LogP contribution < -0.4 is 10.2 Å². The fraction of sp³-hybridized carbons (Fsp3) is 0.207. The molecule has 1 atom stereocenters. The molecule has 0 aliphatic carbocycles. The van der Waals surface area contributed by atoms with Crippen LogP contribution in [0.2, 0.25) is 0 Å². The van der Waals surface area contributed by atoms with E-state index in [1.807, 2.05) is 63.2 Å². The molecular formula is C29H28N4O2. The van der Waals surface area contributed by atoms with Crippen LogP contribution in [0, 0.1) is 13.8 Å². The third kappa shape index (κ3) is 4.35. The van der Waals surface area contributed by atoms with Gasteiger partial charge in [0.2, 0.25) is 5.82 Å². The standard InChI is InChI=1S/C29H28N4O2/c1-5-21-11-13-22(14-12-21)26-25(28-31-27(32-35-28)23-9-7-6-8-10-23)20(4)33(29(34)30-26)24-16-18(2)15-19(3)17-24/h6-17,26H,5H2,1-4H3,(H,30,34). The number of anilines is 1. The molecule has 0 bridgehead atoms. The predicted molar refractivity (Wildman–Crippen MR) is 138 cm³/mol. The monoisotopic (exact) mass is 464 g/mol. The zero-order chi connectivity index (χ0) is 24.5. The van der Waals surface area contributed by atoms with Crippen LogP contribution in [0.5, 0.6) is 0 Å². The Morgan fingerprint density at radius 3 is 2.29 bits per heavy atom. The van der Waals surface area contributed by atoms with Crippen molar-refractivity contribution >= 4 is 17.3 Å². The summed E-state index contributed by atoms with van der Waals surface area (Å²) in [5.41, 5.74) is 7.58. The molecule has 1 N–H and O–H groups in total. The van der Waals surface area contributed by atoms with Gasteiger partial charge >= 0.3 is 6.03 Å². The SMILES string of the molecule is CCc1ccc(C2NC(=O)N(c3cc(C)cc(C)c3)C(C)=C2c2nc(-c3ccccc3)no2)cc1. The minimum Gasteiger partial charge on any atom is -0.334 e. The molecule has 5 rings (SSSR count). The normalized spacial score (nSPS) is 15.9. The Hall–Kier alpha value is -4.19. The quantitative estimate of drug-likeness (QED) is 0.360. The first-order valence-electron chi connectivity index (χ1n) is 11.8. The Balaban J connectivity index is 1.66. The highest BCUT2D eigenvalue weighted by molar-refractivity contribution is 6.01. The molecule has 35 heavy (non-hydrogen) atoms. The van der Waals surface area contributed by atoms with Crippen molar-refractivity contribution in [2.24, 2.45) is 0 Å². The van der Waals surface area contributed by atoms with E-state index < -0.39 is 6.04 Å². The number of urea groups is 1. The molecule has 1 aliphatic rings. The van der Waals surface area contributed by atoms with Gasteiger partial charge in [-0.1, -0.05) is 72.7 Å². The van der Waals surface area contributed by atoms with Crippen molar-refractivity contribution in [3.8, 4) is 11.4 Å². The summed E-state index contributed by atoms with van der Waals surface area (Å²) in [6, 6.07) is 23.5. The van der Waals surface area contributed by atoms with Crippen LogP contribution in [0.25, 0.3) is 17.0 Å². The number of carbonyl (C=O) groups is 1. The Labute approximate surface area is 205 Å². The fourth-order valence-electron chi connectivity index (χ4n) is 4.64. The summed E-state index contributed by atoms with van der Waals surface area (Å²) >= 11 is 0. The smallest absolute Gasteiger partial charge is 0.326 e. The summed E-state index contributed by atoms with van der Waals surface area (Å²) in [7, 11) is 0. The van der Waals surface area contributed by atoms with E-state index in [4.69, 9.17) is 9.51 Å². The molecule has 6 nitrogen and oxygen atoms in total. The Bertz CT molecular complexity index is 1380. The van der Waals surface area contributed by atoms with E-state index in [9.17, 15) is 4.79 Å². The van der Waals surface area contributed by atoms with Gasteiger partial charge in [-0.3, -0.25) is 4.90 Å².